The molecular weight excluding hydrogens is 355 g/mol. The average molecular weight is 384 g/mol. The molecule has 0 fully saturated rings. The number of nitrogens with zero attached hydrogens (tertiary/aromatic N) is 1. The highest BCUT2D eigenvalue weighted by atomic mass is 19.1. The summed E-state index contributed by atoms with van der Waals surface area (Å²) < 4.78 is 14.2. The predicted molar refractivity (Wildman–Crippen MR) is 109 cm³/mol. The van der Waals surface area contributed by atoms with Crippen LogP contribution in [0.1, 0.15) is 44.7 Å². The lowest BCUT2D eigenvalue weighted by Crippen LogP contribution is -2.49. The molecule has 5 heteroatoms. The van der Waals surface area contributed by atoms with E-state index in [1.807, 2.05) is 44.2 Å². The van der Waals surface area contributed by atoms with Gasteiger partial charge in [-0.25, -0.2) is 4.39 Å². The molecule has 4 nitrogen and oxygen atoms in total. The van der Waals surface area contributed by atoms with Crippen molar-refractivity contribution in [3.63, 3.8) is 0 Å². The van der Waals surface area contributed by atoms with Crippen molar-refractivity contribution in [2.75, 3.05) is 0 Å². The fourth-order valence-electron chi connectivity index (χ4n) is 2.90. The Hall–Kier alpha value is -2.69. The topological polar surface area (TPSA) is 49.4 Å². The molecule has 0 saturated carbocycles. The van der Waals surface area contributed by atoms with Gasteiger partial charge in [-0.3, -0.25) is 9.59 Å². The van der Waals surface area contributed by atoms with E-state index in [9.17, 15) is 14.0 Å². The first-order valence-electron chi connectivity index (χ1n) is 9.79. The molecule has 2 aromatic rings. The lowest BCUT2D eigenvalue weighted by atomic mass is 10.1. The summed E-state index contributed by atoms with van der Waals surface area (Å²) in [6, 6.07) is 15.4. The van der Waals surface area contributed by atoms with Gasteiger partial charge in [-0.1, -0.05) is 55.5 Å². The van der Waals surface area contributed by atoms with Crippen LogP contribution in [0.3, 0.4) is 0 Å². The smallest absolute Gasteiger partial charge is 0.242 e. The van der Waals surface area contributed by atoms with Crippen LogP contribution in [0.5, 0.6) is 0 Å². The van der Waals surface area contributed by atoms with Crippen molar-refractivity contribution in [1.29, 1.82) is 0 Å². The van der Waals surface area contributed by atoms with E-state index >= 15 is 0 Å². The van der Waals surface area contributed by atoms with Crippen LogP contribution in [0.25, 0.3) is 0 Å². The molecule has 0 aliphatic carbocycles. The number of halogens is 1. The third-order valence-electron chi connectivity index (χ3n) is 4.94. The first-order chi connectivity index (χ1) is 13.4. The quantitative estimate of drug-likeness (QED) is 0.708. The molecule has 2 amide bonds. The van der Waals surface area contributed by atoms with E-state index in [-0.39, 0.29) is 36.6 Å². The number of amides is 2. The van der Waals surface area contributed by atoms with E-state index in [0.29, 0.717) is 12.0 Å². The number of rotatable bonds is 9. The lowest BCUT2D eigenvalue weighted by Gasteiger charge is -2.30. The maximum absolute atomic E-state index is 14.2. The van der Waals surface area contributed by atoms with E-state index in [2.05, 4.69) is 5.32 Å². The van der Waals surface area contributed by atoms with Crippen molar-refractivity contribution in [2.45, 2.75) is 58.7 Å². The molecule has 2 rings (SSSR count). The first kappa shape index (κ1) is 21.6. The number of hydrogen-bond acceptors (Lipinski definition) is 2. The third kappa shape index (κ3) is 6.19. The van der Waals surface area contributed by atoms with Crippen molar-refractivity contribution in [2.24, 2.45) is 0 Å². The van der Waals surface area contributed by atoms with Crippen LogP contribution in [0.2, 0.25) is 0 Å². The summed E-state index contributed by atoms with van der Waals surface area (Å²) >= 11 is 0. The zero-order chi connectivity index (χ0) is 20.5. The average Bonchev–Trinajstić information content (AvgIpc) is 2.71. The van der Waals surface area contributed by atoms with Gasteiger partial charge >= 0.3 is 0 Å². The zero-order valence-electron chi connectivity index (χ0n) is 16.8. The molecule has 0 radical (unpaired) electrons. The molecule has 0 saturated heterocycles. The van der Waals surface area contributed by atoms with Gasteiger partial charge < -0.3 is 10.2 Å². The summed E-state index contributed by atoms with van der Waals surface area (Å²) in [7, 11) is 0. The molecule has 0 bridgehead atoms. The van der Waals surface area contributed by atoms with Crippen molar-refractivity contribution in [3.8, 4) is 0 Å². The Bertz CT molecular complexity index is 779. The van der Waals surface area contributed by atoms with Crippen molar-refractivity contribution >= 4 is 11.8 Å². The minimum atomic E-state index is -0.683. The van der Waals surface area contributed by atoms with Gasteiger partial charge in [0.25, 0.3) is 0 Å². The number of aryl methyl sites for hydroxylation is 1. The molecule has 150 valence electrons. The number of benzene rings is 2. The van der Waals surface area contributed by atoms with Crippen LogP contribution in [0, 0.1) is 5.82 Å². The molecule has 28 heavy (non-hydrogen) atoms. The molecule has 2 unspecified atom stereocenters. The molecule has 0 aliphatic rings. The summed E-state index contributed by atoms with van der Waals surface area (Å²) in [5.41, 5.74) is 1.46. The molecule has 0 aliphatic heterocycles. The number of hydrogen-bond donors (Lipinski definition) is 1. The summed E-state index contributed by atoms with van der Waals surface area (Å²) in [5, 5.41) is 2.91. The van der Waals surface area contributed by atoms with Crippen LogP contribution in [0.4, 0.5) is 4.39 Å². The molecule has 2 aromatic carbocycles. The van der Waals surface area contributed by atoms with Gasteiger partial charge in [0.1, 0.15) is 11.9 Å². The van der Waals surface area contributed by atoms with Crippen LogP contribution < -0.4 is 5.32 Å². The van der Waals surface area contributed by atoms with E-state index in [4.69, 9.17) is 0 Å². The monoisotopic (exact) mass is 384 g/mol. The van der Waals surface area contributed by atoms with E-state index in [1.54, 1.807) is 25.1 Å². The van der Waals surface area contributed by atoms with E-state index in [1.165, 1.54) is 11.0 Å². The highest BCUT2D eigenvalue weighted by Gasteiger charge is 2.27. The Balaban J connectivity index is 2.15. The van der Waals surface area contributed by atoms with Gasteiger partial charge in [-0.2, -0.15) is 0 Å². The summed E-state index contributed by atoms with van der Waals surface area (Å²) in [6.07, 6.45) is 1.64. The van der Waals surface area contributed by atoms with Crippen molar-refractivity contribution in [3.05, 3.63) is 71.5 Å². The van der Waals surface area contributed by atoms with Gasteiger partial charge in [0.2, 0.25) is 11.8 Å². The second-order valence-corrected chi connectivity index (χ2v) is 7.09. The third-order valence-corrected chi connectivity index (χ3v) is 4.94. The fourth-order valence-corrected chi connectivity index (χ4v) is 2.90. The lowest BCUT2D eigenvalue weighted by molar-refractivity contribution is -0.140. The zero-order valence-corrected chi connectivity index (χ0v) is 16.8. The van der Waals surface area contributed by atoms with E-state index < -0.39 is 6.04 Å². The second-order valence-electron chi connectivity index (χ2n) is 7.09. The molecular formula is C23H29FN2O2. The molecule has 0 spiro atoms. The van der Waals surface area contributed by atoms with Crippen LogP contribution in [-0.2, 0) is 22.6 Å². The Kier molecular flexibility index (Phi) is 8.18. The van der Waals surface area contributed by atoms with Crippen LogP contribution in [0.15, 0.2) is 54.6 Å². The fraction of sp³-hybridized carbons (Fsp3) is 0.391. The second kappa shape index (κ2) is 10.6. The highest BCUT2D eigenvalue weighted by molar-refractivity contribution is 5.87. The Morgan fingerprint density at radius 3 is 2.32 bits per heavy atom. The normalized spacial score (nSPS) is 12.9. The van der Waals surface area contributed by atoms with Gasteiger partial charge in [-0.05, 0) is 38.3 Å². The summed E-state index contributed by atoms with van der Waals surface area (Å²) in [4.78, 5) is 27.0. The Morgan fingerprint density at radius 1 is 1.04 bits per heavy atom. The summed E-state index contributed by atoms with van der Waals surface area (Å²) in [6.45, 7) is 5.66. The van der Waals surface area contributed by atoms with Gasteiger partial charge in [0, 0.05) is 24.6 Å². The van der Waals surface area contributed by atoms with Crippen LogP contribution >= 0.6 is 0 Å². The number of nitrogens with one attached hydrogen (secondary N) is 1. The highest BCUT2D eigenvalue weighted by Crippen LogP contribution is 2.15. The Labute approximate surface area is 166 Å². The minimum absolute atomic E-state index is 0.0182. The predicted octanol–water partition coefficient (Wildman–Crippen LogP) is 4.09. The molecule has 1 N–H and O–H groups in total. The van der Waals surface area contributed by atoms with Gasteiger partial charge in [0.15, 0.2) is 0 Å². The summed E-state index contributed by atoms with van der Waals surface area (Å²) in [5.74, 6) is -0.768. The largest absolute Gasteiger partial charge is 0.352 e. The molecule has 0 heterocycles. The van der Waals surface area contributed by atoms with Gasteiger partial charge in [0.05, 0.1) is 0 Å². The standard InChI is InChI=1S/C23H29FN2O2/c1-4-17(2)25-23(28)18(3)26(16-20-12-8-9-13-21(20)24)22(27)15-14-19-10-6-5-7-11-19/h5-13,17-18H,4,14-16H2,1-3H3,(H,25,28). The SMILES string of the molecule is CCC(C)NC(=O)C(C)N(Cc1ccccc1F)C(=O)CCc1ccccc1. The number of carbonyl (C=O) groups is 2. The first-order valence-corrected chi connectivity index (χ1v) is 9.79. The number of carbonyl (C=O) groups excluding carboxylic acids is 2. The van der Waals surface area contributed by atoms with E-state index in [0.717, 1.165) is 12.0 Å². The maximum Gasteiger partial charge on any atom is 0.242 e. The molecule has 0 aromatic heterocycles. The minimum Gasteiger partial charge on any atom is -0.352 e. The Morgan fingerprint density at radius 2 is 1.68 bits per heavy atom. The van der Waals surface area contributed by atoms with Crippen LogP contribution in [-0.4, -0.2) is 28.8 Å². The van der Waals surface area contributed by atoms with Crippen molar-refractivity contribution in [1.82, 2.24) is 10.2 Å². The molecule has 2 atom stereocenters. The van der Waals surface area contributed by atoms with Crippen molar-refractivity contribution < 1.29 is 14.0 Å². The maximum atomic E-state index is 14.2. The van der Waals surface area contributed by atoms with Gasteiger partial charge in [-0.15, -0.1) is 0 Å².